The minimum absolute atomic E-state index is 1.04. The maximum Gasteiger partial charge on any atom is 0.140 e. The van der Waals surface area contributed by atoms with E-state index in [9.17, 15) is 0 Å². The first kappa shape index (κ1) is 21.4. The van der Waals surface area contributed by atoms with Gasteiger partial charge in [0.05, 0.1) is 5.69 Å². The van der Waals surface area contributed by atoms with E-state index in [0.717, 1.165) is 31.6 Å². The highest BCUT2D eigenvalue weighted by Gasteiger charge is 2.10. The monoisotopic (exact) mass is 388 g/mol. The molecule has 154 valence electrons. The van der Waals surface area contributed by atoms with Gasteiger partial charge in [-0.25, -0.2) is 4.98 Å². The van der Waals surface area contributed by atoms with Crippen molar-refractivity contribution in [3.8, 4) is 11.4 Å². The van der Waals surface area contributed by atoms with Gasteiger partial charge in [-0.15, -0.1) is 0 Å². The number of nitrogens with zero attached hydrogens (tertiary/aromatic N) is 2. The minimum Gasteiger partial charge on any atom is -0.331 e. The molecule has 0 aliphatic heterocycles. The van der Waals surface area contributed by atoms with Crippen molar-refractivity contribution >= 4 is 0 Å². The molecule has 3 aromatic rings. The number of aromatic nitrogens is 2. The van der Waals surface area contributed by atoms with Crippen LogP contribution in [0.15, 0.2) is 66.9 Å². The van der Waals surface area contributed by atoms with Crippen molar-refractivity contribution in [2.75, 3.05) is 0 Å². The molecule has 2 heteroatoms. The summed E-state index contributed by atoms with van der Waals surface area (Å²) in [4.78, 5) is 5.01. The van der Waals surface area contributed by atoms with Crippen LogP contribution in [0.3, 0.4) is 0 Å². The van der Waals surface area contributed by atoms with Gasteiger partial charge in [-0.3, -0.25) is 0 Å². The predicted octanol–water partition coefficient (Wildman–Crippen LogP) is 7.48. The van der Waals surface area contributed by atoms with Crippen molar-refractivity contribution in [2.24, 2.45) is 0 Å². The molecule has 0 saturated carbocycles. The fourth-order valence-corrected chi connectivity index (χ4v) is 3.94. The molecule has 2 nitrogen and oxygen atoms in total. The molecule has 0 bridgehead atoms. The van der Waals surface area contributed by atoms with E-state index < -0.39 is 0 Å². The van der Waals surface area contributed by atoms with Crippen molar-refractivity contribution in [1.29, 1.82) is 0 Å². The fraction of sp³-hybridized carbons (Fsp3) is 0.444. The summed E-state index contributed by atoms with van der Waals surface area (Å²) in [7, 11) is 0. The van der Waals surface area contributed by atoms with Crippen molar-refractivity contribution in [3.05, 3.63) is 78.1 Å². The molecule has 0 atom stereocenters. The second kappa shape index (κ2) is 12.3. The van der Waals surface area contributed by atoms with E-state index in [2.05, 4.69) is 78.4 Å². The summed E-state index contributed by atoms with van der Waals surface area (Å²) < 4.78 is 2.39. The Labute approximate surface area is 177 Å². The molecular weight excluding hydrogens is 352 g/mol. The average molecular weight is 389 g/mol. The molecule has 3 rings (SSSR count). The molecular formula is C27H36N2. The Balaban J connectivity index is 1.56. The van der Waals surface area contributed by atoms with Crippen LogP contribution in [0.5, 0.6) is 0 Å². The van der Waals surface area contributed by atoms with Crippen molar-refractivity contribution in [1.82, 2.24) is 9.55 Å². The van der Waals surface area contributed by atoms with Crippen molar-refractivity contribution in [2.45, 2.75) is 77.7 Å². The molecule has 0 amide bonds. The van der Waals surface area contributed by atoms with Crippen LogP contribution in [0.1, 0.15) is 69.5 Å². The standard InChI is InChI=1S/C27H36N2/c1-2-3-4-5-6-7-14-22-29-23-26(21-15-18-24-16-10-8-11-17-24)28-27(29)25-19-12-9-13-20-25/h8-13,16-17,19-20,23H,2-7,14-15,18,21-22H2,1H3. The normalized spacial score (nSPS) is 11.1. The third kappa shape index (κ3) is 7.20. The van der Waals surface area contributed by atoms with Crippen LogP contribution in [-0.2, 0) is 19.4 Å². The van der Waals surface area contributed by atoms with Crippen LogP contribution in [0.4, 0.5) is 0 Å². The highest BCUT2D eigenvalue weighted by atomic mass is 15.1. The Morgan fingerprint density at radius 2 is 1.34 bits per heavy atom. The summed E-state index contributed by atoms with van der Waals surface area (Å²) in [5.74, 6) is 1.13. The SMILES string of the molecule is CCCCCCCCCn1cc(CCCc2ccccc2)nc1-c1ccccc1. The largest absolute Gasteiger partial charge is 0.331 e. The first-order chi connectivity index (χ1) is 14.4. The van der Waals surface area contributed by atoms with Gasteiger partial charge in [0.2, 0.25) is 0 Å². The second-order valence-electron chi connectivity index (χ2n) is 8.08. The zero-order valence-corrected chi connectivity index (χ0v) is 18.0. The molecule has 0 aliphatic carbocycles. The highest BCUT2D eigenvalue weighted by Crippen LogP contribution is 2.21. The lowest BCUT2D eigenvalue weighted by molar-refractivity contribution is 0.551. The molecule has 29 heavy (non-hydrogen) atoms. The van der Waals surface area contributed by atoms with Gasteiger partial charge in [0.25, 0.3) is 0 Å². The molecule has 1 heterocycles. The van der Waals surface area contributed by atoms with Crippen molar-refractivity contribution in [3.63, 3.8) is 0 Å². The van der Waals surface area contributed by atoms with Gasteiger partial charge in [0.1, 0.15) is 5.82 Å². The van der Waals surface area contributed by atoms with Gasteiger partial charge < -0.3 is 4.57 Å². The predicted molar refractivity (Wildman–Crippen MR) is 124 cm³/mol. The van der Waals surface area contributed by atoms with Gasteiger partial charge in [0, 0.05) is 18.3 Å². The molecule has 2 aromatic carbocycles. The van der Waals surface area contributed by atoms with Gasteiger partial charge in [-0.2, -0.15) is 0 Å². The molecule has 0 saturated heterocycles. The van der Waals surface area contributed by atoms with Crippen LogP contribution in [0, 0.1) is 0 Å². The topological polar surface area (TPSA) is 17.8 Å². The van der Waals surface area contributed by atoms with Crippen LogP contribution in [0.2, 0.25) is 0 Å². The van der Waals surface area contributed by atoms with Crippen LogP contribution in [0.25, 0.3) is 11.4 Å². The molecule has 0 aliphatic rings. The Bertz CT molecular complexity index is 805. The van der Waals surface area contributed by atoms with Gasteiger partial charge in [-0.05, 0) is 31.2 Å². The summed E-state index contributed by atoms with van der Waals surface area (Å²) in [6.45, 7) is 3.35. The number of unbranched alkanes of at least 4 members (excludes halogenated alkanes) is 6. The number of rotatable bonds is 13. The van der Waals surface area contributed by atoms with Crippen LogP contribution < -0.4 is 0 Å². The van der Waals surface area contributed by atoms with Gasteiger partial charge in [-0.1, -0.05) is 106 Å². The third-order valence-electron chi connectivity index (χ3n) is 5.60. The maximum atomic E-state index is 5.01. The molecule has 0 spiro atoms. The maximum absolute atomic E-state index is 5.01. The minimum atomic E-state index is 1.04. The third-order valence-corrected chi connectivity index (χ3v) is 5.60. The summed E-state index contributed by atoms with van der Waals surface area (Å²) in [6.07, 6.45) is 15.0. The number of benzene rings is 2. The molecule has 0 fully saturated rings. The summed E-state index contributed by atoms with van der Waals surface area (Å²) in [6, 6.07) is 21.4. The Kier molecular flexibility index (Phi) is 9.03. The van der Waals surface area contributed by atoms with Crippen molar-refractivity contribution < 1.29 is 0 Å². The first-order valence-electron chi connectivity index (χ1n) is 11.5. The summed E-state index contributed by atoms with van der Waals surface area (Å²) in [5.41, 5.74) is 3.87. The Hall–Kier alpha value is -2.35. The van der Waals surface area contributed by atoms with E-state index in [-0.39, 0.29) is 0 Å². The Morgan fingerprint density at radius 3 is 2.07 bits per heavy atom. The number of hydrogen-bond acceptors (Lipinski definition) is 1. The van der Waals surface area contributed by atoms with Crippen LogP contribution in [-0.4, -0.2) is 9.55 Å². The molecule has 0 radical (unpaired) electrons. The van der Waals surface area contributed by atoms with E-state index in [1.165, 1.54) is 61.8 Å². The smallest absolute Gasteiger partial charge is 0.140 e. The van der Waals surface area contributed by atoms with Gasteiger partial charge in [0.15, 0.2) is 0 Å². The van der Waals surface area contributed by atoms with Crippen LogP contribution >= 0.6 is 0 Å². The number of imidazole rings is 1. The first-order valence-corrected chi connectivity index (χ1v) is 11.5. The van der Waals surface area contributed by atoms with E-state index >= 15 is 0 Å². The fourth-order valence-electron chi connectivity index (χ4n) is 3.94. The number of hydrogen-bond donors (Lipinski definition) is 0. The summed E-state index contributed by atoms with van der Waals surface area (Å²) in [5, 5.41) is 0. The molecule has 1 aromatic heterocycles. The average Bonchev–Trinajstić information content (AvgIpc) is 3.17. The van der Waals surface area contributed by atoms with E-state index in [1.807, 2.05) is 0 Å². The Morgan fingerprint density at radius 1 is 0.690 bits per heavy atom. The van der Waals surface area contributed by atoms with Gasteiger partial charge >= 0.3 is 0 Å². The lowest BCUT2D eigenvalue weighted by atomic mass is 10.1. The van der Waals surface area contributed by atoms with E-state index in [0.29, 0.717) is 0 Å². The number of aryl methyl sites for hydroxylation is 3. The molecule has 0 unspecified atom stereocenters. The lowest BCUT2D eigenvalue weighted by Gasteiger charge is -2.08. The zero-order chi connectivity index (χ0) is 20.2. The van der Waals surface area contributed by atoms with E-state index in [4.69, 9.17) is 4.98 Å². The quantitative estimate of drug-likeness (QED) is 0.278. The summed E-state index contributed by atoms with van der Waals surface area (Å²) >= 11 is 0. The highest BCUT2D eigenvalue weighted by molar-refractivity contribution is 5.55. The van der Waals surface area contributed by atoms with E-state index in [1.54, 1.807) is 0 Å². The zero-order valence-electron chi connectivity index (χ0n) is 18.0. The lowest BCUT2D eigenvalue weighted by Crippen LogP contribution is -1.99. The second-order valence-corrected chi connectivity index (χ2v) is 8.08. The molecule has 0 N–H and O–H groups in total.